The Balaban J connectivity index is 2.18. The fourth-order valence-corrected chi connectivity index (χ4v) is 2.91. The molecule has 7 heteroatoms. The van der Waals surface area contributed by atoms with Crippen LogP contribution in [0.3, 0.4) is 0 Å². The van der Waals surface area contributed by atoms with Crippen molar-refractivity contribution in [2.24, 2.45) is 5.73 Å². The van der Waals surface area contributed by atoms with Gasteiger partial charge in [-0.3, -0.25) is 10.1 Å². The molecule has 1 aliphatic rings. The monoisotopic (exact) mass is 358 g/mol. The van der Waals surface area contributed by atoms with E-state index in [9.17, 15) is 20.6 Å². The van der Waals surface area contributed by atoms with Crippen molar-refractivity contribution in [3.05, 3.63) is 92.4 Å². The molecule has 1 atom stereocenters. The van der Waals surface area contributed by atoms with Gasteiger partial charge in [0, 0.05) is 17.7 Å². The molecule has 7 nitrogen and oxygen atoms in total. The van der Waals surface area contributed by atoms with Gasteiger partial charge in [0.15, 0.2) is 5.76 Å². The van der Waals surface area contributed by atoms with Gasteiger partial charge in [-0.25, -0.2) is 0 Å². The SMILES string of the molecule is Cc1ccc(C2=C(C#N)C(c3ccc([N+](=O)[O-])cc3)C(C#N)=C(N)O2)cc1. The molecule has 132 valence electrons. The van der Waals surface area contributed by atoms with Gasteiger partial charge in [0.2, 0.25) is 5.88 Å². The molecule has 0 aliphatic carbocycles. The number of hydrogen-bond acceptors (Lipinski definition) is 6. The third-order valence-corrected chi connectivity index (χ3v) is 4.29. The number of nitriles is 2. The standard InChI is InChI=1S/C20H14N4O3/c1-12-2-4-14(5-3-12)19-16(10-21)18(17(11-22)20(23)27-19)13-6-8-15(9-7-13)24(25)26/h2-9,18H,23H2,1H3. The number of allylic oxidation sites excluding steroid dienone is 2. The summed E-state index contributed by atoms with van der Waals surface area (Å²) < 4.78 is 5.62. The summed E-state index contributed by atoms with van der Waals surface area (Å²) in [7, 11) is 0. The minimum atomic E-state index is -0.758. The molecule has 1 unspecified atom stereocenters. The van der Waals surface area contributed by atoms with Crippen molar-refractivity contribution in [2.75, 3.05) is 0 Å². The molecule has 0 aromatic heterocycles. The lowest BCUT2D eigenvalue weighted by Crippen LogP contribution is -2.20. The van der Waals surface area contributed by atoms with Crippen LogP contribution in [0.5, 0.6) is 0 Å². The van der Waals surface area contributed by atoms with Crippen LogP contribution in [0.25, 0.3) is 5.76 Å². The molecule has 0 bridgehead atoms. The van der Waals surface area contributed by atoms with E-state index in [1.807, 2.05) is 25.1 Å². The molecule has 0 radical (unpaired) electrons. The molecule has 1 heterocycles. The predicted octanol–water partition coefficient (Wildman–Crippen LogP) is 3.65. The van der Waals surface area contributed by atoms with E-state index in [2.05, 4.69) is 6.07 Å². The van der Waals surface area contributed by atoms with E-state index in [1.165, 1.54) is 24.3 Å². The van der Waals surface area contributed by atoms with Crippen LogP contribution >= 0.6 is 0 Å². The van der Waals surface area contributed by atoms with E-state index in [0.717, 1.165) is 5.56 Å². The van der Waals surface area contributed by atoms with Gasteiger partial charge in [-0.15, -0.1) is 0 Å². The number of non-ortho nitro benzene ring substituents is 1. The Morgan fingerprint density at radius 1 is 1.04 bits per heavy atom. The lowest BCUT2D eigenvalue weighted by molar-refractivity contribution is -0.384. The highest BCUT2D eigenvalue weighted by Crippen LogP contribution is 2.42. The van der Waals surface area contributed by atoms with Crippen molar-refractivity contribution in [3.63, 3.8) is 0 Å². The summed E-state index contributed by atoms with van der Waals surface area (Å²) in [4.78, 5) is 10.4. The topological polar surface area (TPSA) is 126 Å². The lowest BCUT2D eigenvalue weighted by Gasteiger charge is -2.26. The number of aryl methyl sites for hydroxylation is 1. The Labute approximate surface area is 155 Å². The Morgan fingerprint density at radius 2 is 1.63 bits per heavy atom. The first-order valence-corrected chi connectivity index (χ1v) is 7.99. The minimum Gasteiger partial charge on any atom is -0.439 e. The van der Waals surface area contributed by atoms with Crippen molar-refractivity contribution >= 4 is 11.4 Å². The van der Waals surface area contributed by atoms with Crippen LogP contribution in [-0.4, -0.2) is 4.92 Å². The first-order valence-electron chi connectivity index (χ1n) is 7.99. The first kappa shape index (κ1) is 17.7. The third kappa shape index (κ3) is 3.22. The molecule has 2 aromatic rings. The normalized spacial score (nSPS) is 16.3. The maximum Gasteiger partial charge on any atom is 0.269 e. The molecule has 0 saturated heterocycles. The third-order valence-electron chi connectivity index (χ3n) is 4.29. The largest absolute Gasteiger partial charge is 0.439 e. The molecule has 3 rings (SSSR count). The number of nitrogens with zero attached hydrogens (tertiary/aromatic N) is 3. The molecule has 0 spiro atoms. The zero-order chi connectivity index (χ0) is 19.6. The van der Waals surface area contributed by atoms with E-state index in [-0.39, 0.29) is 28.5 Å². The summed E-state index contributed by atoms with van der Waals surface area (Å²) >= 11 is 0. The maximum absolute atomic E-state index is 10.9. The van der Waals surface area contributed by atoms with Gasteiger partial charge in [0.25, 0.3) is 5.69 Å². The molecular weight excluding hydrogens is 344 g/mol. The van der Waals surface area contributed by atoms with Crippen molar-refractivity contribution < 1.29 is 9.66 Å². The number of nitro benzene ring substituents is 1. The van der Waals surface area contributed by atoms with Gasteiger partial charge in [0.1, 0.15) is 11.6 Å². The molecule has 2 aromatic carbocycles. The molecule has 2 N–H and O–H groups in total. The Kier molecular flexibility index (Phi) is 4.61. The van der Waals surface area contributed by atoms with Gasteiger partial charge in [-0.1, -0.05) is 42.0 Å². The summed E-state index contributed by atoms with van der Waals surface area (Å²) in [6.07, 6.45) is 0. The fraction of sp³-hybridized carbons (Fsp3) is 0.100. The van der Waals surface area contributed by atoms with Crippen LogP contribution < -0.4 is 5.73 Å². The van der Waals surface area contributed by atoms with Crippen LogP contribution in [-0.2, 0) is 4.74 Å². The van der Waals surface area contributed by atoms with Gasteiger partial charge in [0.05, 0.1) is 22.5 Å². The molecule has 0 amide bonds. The highest BCUT2D eigenvalue weighted by Gasteiger charge is 2.33. The predicted molar refractivity (Wildman–Crippen MR) is 97.5 cm³/mol. The number of hydrogen-bond donors (Lipinski definition) is 1. The second-order valence-electron chi connectivity index (χ2n) is 5.99. The molecule has 0 fully saturated rings. The number of nitro groups is 1. The summed E-state index contributed by atoms with van der Waals surface area (Å²) in [6, 6.07) is 17.2. The number of ether oxygens (including phenoxy) is 1. The van der Waals surface area contributed by atoms with Gasteiger partial charge >= 0.3 is 0 Å². The van der Waals surface area contributed by atoms with Crippen molar-refractivity contribution in [3.8, 4) is 12.1 Å². The summed E-state index contributed by atoms with van der Waals surface area (Å²) in [5.41, 5.74) is 8.43. The van der Waals surface area contributed by atoms with Gasteiger partial charge in [-0.05, 0) is 12.5 Å². The zero-order valence-corrected chi connectivity index (χ0v) is 14.3. The van der Waals surface area contributed by atoms with Crippen LogP contribution in [0.4, 0.5) is 5.69 Å². The van der Waals surface area contributed by atoms with Gasteiger partial charge in [-0.2, -0.15) is 10.5 Å². The van der Waals surface area contributed by atoms with Crippen molar-refractivity contribution in [1.82, 2.24) is 0 Å². The summed E-state index contributed by atoms with van der Waals surface area (Å²) in [5, 5.41) is 30.2. The summed E-state index contributed by atoms with van der Waals surface area (Å²) in [6.45, 7) is 1.94. The number of benzene rings is 2. The second-order valence-corrected chi connectivity index (χ2v) is 5.99. The minimum absolute atomic E-state index is 0.0810. The Hall–Kier alpha value is -4.10. The molecule has 0 saturated carbocycles. The fourth-order valence-electron chi connectivity index (χ4n) is 2.91. The van der Waals surface area contributed by atoms with E-state index in [4.69, 9.17) is 10.5 Å². The second kappa shape index (κ2) is 7.03. The lowest BCUT2D eigenvalue weighted by atomic mass is 9.82. The molecular formula is C20H14N4O3. The van der Waals surface area contributed by atoms with Crippen LogP contribution in [0.15, 0.2) is 65.6 Å². The zero-order valence-electron chi connectivity index (χ0n) is 14.3. The molecule has 1 aliphatic heterocycles. The van der Waals surface area contributed by atoms with E-state index in [0.29, 0.717) is 11.1 Å². The van der Waals surface area contributed by atoms with Crippen LogP contribution in [0.1, 0.15) is 22.6 Å². The average Bonchev–Trinajstić information content (AvgIpc) is 2.67. The van der Waals surface area contributed by atoms with Crippen molar-refractivity contribution in [2.45, 2.75) is 12.8 Å². The van der Waals surface area contributed by atoms with Crippen molar-refractivity contribution in [1.29, 1.82) is 10.5 Å². The maximum atomic E-state index is 10.9. The van der Waals surface area contributed by atoms with E-state index in [1.54, 1.807) is 12.1 Å². The number of rotatable bonds is 3. The summed E-state index contributed by atoms with van der Waals surface area (Å²) in [5.74, 6) is -0.571. The quantitative estimate of drug-likeness (QED) is 0.659. The van der Waals surface area contributed by atoms with Gasteiger partial charge < -0.3 is 10.5 Å². The first-order chi connectivity index (χ1) is 13.0. The molecule has 27 heavy (non-hydrogen) atoms. The average molecular weight is 358 g/mol. The van der Waals surface area contributed by atoms with Crippen LogP contribution in [0, 0.1) is 39.7 Å². The number of nitrogens with two attached hydrogens (primary N) is 1. The Morgan fingerprint density at radius 3 is 2.15 bits per heavy atom. The highest BCUT2D eigenvalue weighted by atomic mass is 16.6. The van der Waals surface area contributed by atoms with E-state index >= 15 is 0 Å². The Bertz CT molecular complexity index is 1050. The van der Waals surface area contributed by atoms with E-state index < -0.39 is 10.8 Å². The highest BCUT2D eigenvalue weighted by molar-refractivity contribution is 5.73. The smallest absolute Gasteiger partial charge is 0.269 e. The van der Waals surface area contributed by atoms with Crippen LogP contribution in [0.2, 0.25) is 0 Å².